The molecule has 0 saturated heterocycles. The molecule has 138 valence electrons. The van der Waals surface area contributed by atoms with Crippen LogP contribution in [0.15, 0.2) is 42.5 Å². The first-order chi connectivity index (χ1) is 12.3. The molecule has 0 spiro atoms. The lowest BCUT2D eigenvalue weighted by molar-refractivity contribution is -0.118. The van der Waals surface area contributed by atoms with Crippen LogP contribution in [0.1, 0.15) is 42.7 Å². The zero-order valence-electron chi connectivity index (χ0n) is 15.3. The van der Waals surface area contributed by atoms with Gasteiger partial charge in [-0.1, -0.05) is 26.0 Å². The minimum absolute atomic E-state index is 0.121. The highest BCUT2D eigenvalue weighted by Crippen LogP contribution is 2.22. The number of hydrogen-bond donors (Lipinski definition) is 2. The lowest BCUT2D eigenvalue weighted by Crippen LogP contribution is -2.27. The largest absolute Gasteiger partial charge is 0.494 e. The first-order valence-corrected chi connectivity index (χ1v) is 8.37. The standard InChI is InChI=1S/C20H23FN2O3/c1-12(2)19(24)23-16-7-5-6-15(10-16)20(25)22-13(3)14-8-9-18(26-4)17(21)11-14/h5-13H,1-4H3,(H,22,25)(H,23,24). The maximum absolute atomic E-state index is 13.8. The summed E-state index contributed by atoms with van der Waals surface area (Å²) in [5.74, 6) is -0.915. The molecule has 0 fully saturated rings. The van der Waals surface area contributed by atoms with Gasteiger partial charge < -0.3 is 15.4 Å². The van der Waals surface area contributed by atoms with Crippen molar-refractivity contribution in [3.05, 3.63) is 59.4 Å². The van der Waals surface area contributed by atoms with Gasteiger partial charge in [0.25, 0.3) is 5.91 Å². The number of nitrogens with one attached hydrogen (secondary N) is 2. The van der Waals surface area contributed by atoms with Crippen LogP contribution in [-0.2, 0) is 4.79 Å². The first kappa shape index (κ1) is 19.4. The number of carbonyl (C=O) groups excluding carboxylic acids is 2. The van der Waals surface area contributed by atoms with Crippen LogP contribution in [0.5, 0.6) is 5.75 Å². The Kier molecular flexibility index (Phi) is 6.33. The summed E-state index contributed by atoms with van der Waals surface area (Å²) in [6, 6.07) is 10.8. The van der Waals surface area contributed by atoms with Crippen molar-refractivity contribution in [1.82, 2.24) is 5.32 Å². The van der Waals surface area contributed by atoms with Gasteiger partial charge in [-0.3, -0.25) is 9.59 Å². The molecule has 6 heteroatoms. The Morgan fingerprint density at radius 3 is 2.42 bits per heavy atom. The number of amides is 2. The van der Waals surface area contributed by atoms with Crippen LogP contribution < -0.4 is 15.4 Å². The number of rotatable bonds is 6. The zero-order chi connectivity index (χ0) is 19.3. The topological polar surface area (TPSA) is 67.4 Å². The molecule has 1 unspecified atom stereocenters. The van der Waals surface area contributed by atoms with Crippen molar-refractivity contribution in [1.29, 1.82) is 0 Å². The van der Waals surface area contributed by atoms with Crippen molar-refractivity contribution in [2.45, 2.75) is 26.8 Å². The van der Waals surface area contributed by atoms with Crippen LogP contribution in [0.2, 0.25) is 0 Å². The number of carbonyl (C=O) groups is 2. The van der Waals surface area contributed by atoms with Crippen LogP contribution in [0.4, 0.5) is 10.1 Å². The van der Waals surface area contributed by atoms with E-state index in [1.807, 2.05) is 0 Å². The summed E-state index contributed by atoms with van der Waals surface area (Å²) >= 11 is 0. The molecule has 0 aliphatic rings. The summed E-state index contributed by atoms with van der Waals surface area (Å²) in [6.07, 6.45) is 0. The second-order valence-corrected chi connectivity index (χ2v) is 6.31. The van der Waals surface area contributed by atoms with Gasteiger partial charge in [0.2, 0.25) is 5.91 Å². The summed E-state index contributed by atoms with van der Waals surface area (Å²) in [4.78, 5) is 24.2. The fraction of sp³-hybridized carbons (Fsp3) is 0.300. The quantitative estimate of drug-likeness (QED) is 0.822. The van der Waals surface area contributed by atoms with Crippen LogP contribution in [-0.4, -0.2) is 18.9 Å². The Balaban J connectivity index is 2.09. The third-order valence-corrected chi connectivity index (χ3v) is 3.94. The van der Waals surface area contributed by atoms with Crippen molar-refractivity contribution in [3.8, 4) is 5.75 Å². The van der Waals surface area contributed by atoms with E-state index in [1.165, 1.54) is 19.2 Å². The summed E-state index contributed by atoms with van der Waals surface area (Å²) in [7, 11) is 1.40. The van der Waals surface area contributed by atoms with E-state index in [-0.39, 0.29) is 23.5 Å². The van der Waals surface area contributed by atoms with Gasteiger partial charge in [0.15, 0.2) is 11.6 Å². The summed E-state index contributed by atoms with van der Waals surface area (Å²) < 4.78 is 18.7. The molecule has 0 bridgehead atoms. The lowest BCUT2D eigenvalue weighted by Gasteiger charge is -2.16. The van der Waals surface area contributed by atoms with E-state index < -0.39 is 11.9 Å². The highest BCUT2D eigenvalue weighted by atomic mass is 19.1. The number of hydrogen-bond acceptors (Lipinski definition) is 3. The average molecular weight is 358 g/mol. The van der Waals surface area contributed by atoms with Crippen LogP contribution in [0, 0.1) is 11.7 Å². The summed E-state index contributed by atoms with van der Waals surface area (Å²) in [5, 5.41) is 5.58. The van der Waals surface area contributed by atoms with Gasteiger partial charge in [0.05, 0.1) is 13.2 Å². The third-order valence-electron chi connectivity index (χ3n) is 3.94. The molecular formula is C20H23FN2O3. The zero-order valence-corrected chi connectivity index (χ0v) is 15.3. The van der Waals surface area contributed by atoms with Gasteiger partial charge in [0.1, 0.15) is 0 Å². The fourth-order valence-corrected chi connectivity index (χ4v) is 2.34. The molecule has 0 aromatic heterocycles. The van der Waals surface area contributed by atoms with Crippen molar-refractivity contribution < 1.29 is 18.7 Å². The molecular weight excluding hydrogens is 335 g/mol. The number of halogens is 1. The van der Waals surface area contributed by atoms with Gasteiger partial charge in [-0.05, 0) is 42.8 Å². The number of benzene rings is 2. The van der Waals surface area contributed by atoms with E-state index in [0.29, 0.717) is 16.8 Å². The third kappa shape index (κ3) is 4.81. The van der Waals surface area contributed by atoms with Crippen molar-refractivity contribution in [2.24, 2.45) is 5.92 Å². The minimum Gasteiger partial charge on any atom is -0.494 e. The Labute approximate surface area is 152 Å². The Morgan fingerprint density at radius 2 is 1.81 bits per heavy atom. The molecule has 5 nitrogen and oxygen atoms in total. The van der Waals surface area contributed by atoms with E-state index in [0.717, 1.165) is 0 Å². The van der Waals surface area contributed by atoms with E-state index in [9.17, 15) is 14.0 Å². The van der Waals surface area contributed by atoms with Crippen LogP contribution in [0.25, 0.3) is 0 Å². The Morgan fingerprint density at radius 1 is 1.08 bits per heavy atom. The molecule has 2 rings (SSSR count). The maximum atomic E-state index is 13.8. The number of ether oxygens (including phenoxy) is 1. The molecule has 0 heterocycles. The molecule has 2 aromatic carbocycles. The monoisotopic (exact) mass is 358 g/mol. The van der Waals surface area contributed by atoms with Gasteiger partial charge in [0, 0.05) is 17.2 Å². The summed E-state index contributed by atoms with van der Waals surface area (Å²) in [6.45, 7) is 5.35. The molecule has 2 aromatic rings. The second kappa shape index (κ2) is 8.47. The van der Waals surface area contributed by atoms with Gasteiger partial charge in [-0.2, -0.15) is 0 Å². The molecule has 2 amide bonds. The predicted octanol–water partition coefficient (Wildman–Crippen LogP) is 3.92. The first-order valence-electron chi connectivity index (χ1n) is 8.37. The van der Waals surface area contributed by atoms with E-state index >= 15 is 0 Å². The normalized spacial score (nSPS) is 11.8. The Bertz CT molecular complexity index is 805. The second-order valence-electron chi connectivity index (χ2n) is 6.31. The van der Waals surface area contributed by atoms with Crippen LogP contribution >= 0.6 is 0 Å². The van der Waals surface area contributed by atoms with Crippen LogP contribution in [0.3, 0.4) is 0 Å². The summed E-state index contributed by atoms with van der Waals surface area (Å²) in [5.41, 5.74) is 1.59. The van der Waals surface area contributed by atoms with Crippen molar-refractivity contribution >= 4 is 17.5 Å². The average Bonchev–Trinajstić information content (AvgIpc) is 2.61. The highest BCUT2D eigenvalue weighted by molar-refractivity contribution is 5.97. The number of methoxy groups -OCH3 is 1. The molecule has 0 radical (unpaired) electrons. The minimum atomic E-state index is -0.482. The molecule has 0 aliphatic carbocycles. The molecule has 1 atom stereocenters. The van der Waals surface area contributed by atoms with Gasteiger partial charge in [-0.15, -0.1) is 0 Å². The smallest absolute Gasteiger partial charge is 0.251 e. The maximum Gasteiger partial charge on any atom is 0.251 e. The molecule has 0 saturated carbocycles. The van der Waals surface area contributed by atoms with Crippen molar-refractivity contribution in [2.75, 3.05) is 12.4 Å². The van der Waals surface area contributed by atoms with E-state index in [4.69, 9.17) is 4.74 Å². The van der Waals surface area contributed by atoms with Gasteiger partial charge in [-0.25, -0.2) is 4.39 Å². The van der Waals surface area contributed by atoms with E-state index in [1.54, 1.807) is 51.1 Å². The highest BCUT2D eigenvalue weighted by Gasteiger charge is 2.15. The predicted molar refractivity (Wildman–Crippen MR) is 98.7 cm³/mol. The van der Waals surface area contributed by atoms with Gasteiger partial charge >= 0.3 is 0 Å². The number of anilines is 1. The molecule has 26 heavy (non-hydrogen) atoms. The fourth-order valence-electron chi connectivity index (χ4n) is 2.34. The van der Waals surface area contributed by atoms with Crippen molar-refractivity contribution in [3.63, 3.8) is 0 Å². The molecule has 0 aliphatic heterocycles. The molecule has 2 N–H and O–H groups in total. The lowest BCUT2D eigenvalue weighted by atomic mass is 10.1. The Hall–Kier alpha value is -2.89. The van der Waals surface area contributed by atoms with E-state index in [2.05, 4.69) is 10.6 Å². The SMILES string of the molecule is COc1ccc(C(C)NC(=O)c2cccc(NC(=O)C(C)C)c2)cc1F.